The lowest BCUT2D eigenvalue weighted by molar-refractivity contribution is 0.114. The minimum Gasteiger partial charge on any atom is -0.508 e. The lowest BCUT2D eigenvalue weighted by Crippen LogP contribution is -2.37. The van der Waals surface area contributed by atoms with Crippen LogP contribution in [-0.2, 0) is 15.9 Å². The van der Waals surface area contributed by atoms with Crippen molar-refractivity contribution in [3.8, 4) is 5.75 Å². The van der Waals surface area contributed by atoms with E-state index in [9.17, 15) is 5.11 Å². The summed E-state index contributed by atoms with van der Waals surface area (Å²) >= 11 is 0. The van der Waals surface area contributed by atoms with Crippen LogP contribution in [0.2, 0.25) is 0 Å². The minimum absolute atomic E-state index is 0.289. The van der Waals surface area contributed by atoms with Crippen molar-refractivity contribution in [1.82, 2.24) is 15.1 Å². The van der Waals surface area contributed by atoms with Crippen molar-refractivity contribution in [2.75, 3.05) is 33.4 Å². The van der Waals surface area contributed by atoms with Gasteiger partial charge in [0.05, 0.1) is 29.1 Å². The van der Waals surface area contributed by atoms with Gasteiger partial charge in [0.25, 0.3) is 0 Å². The Labute approximate surface area is 205 Å². The quantitative estimate of drug-likeness (QED) is 0.606. The third-order valence-electron chi connectivity index (χ3n) is 6.71. The Kier molecular flexibility index (Phi) is 6.86. The number of phenols is 1. The first-order chi connectivity index (χ1) is 17.2. The number of rotatable bonds is 7. The highest BCUT2D eigenvalue weighted by atomic mass is 16.5. The van der Waals surface area contributed by atoms with Crippen molar-refractivity contribution in [3.05, 3.63) is 81.2 Å². The number of benzene rings is 1. The fourth-order valence-corrected chi connectivity index (χ4v) is 4.86. The van der Waals surface area contributed by atoms with E-state index in [1.807, 2.05) is 18.3 Å². The third-order valence-corrected chi connectivity index (χ3v) is 6.71. The molecule has 1 aliphatic carbocycles. The third kappa shape index (κ3) is 4.95. The summed E-state index contributed by atoms with van der Waals surface area (Å²) in [6, 6.07) is 5.57. The van der Waals surface area contributed by atoms with Gasteiger partial charge in [-0.25, -0.2) is 4.99 Å². The maximum absolute atomic E-state index is 9.99. The summed E-state index contributed by atoms with van der Waals surface area (Å²) in [5.74, 6) is 2.16. The molecule has 3 aliphatic rings. The van der Waals surface area contributed by atoms with Gasteiger partial charge < -0.3 is 19.5 Å². The van der Waals surface area contributed by atoms with Crippen molar-refractivity contribution in [2.24, 2.45) is 4.99 Å². The number of piperidine rings is 1. The Morgan fingerprint density at radius 1 is 1.14 bits per heavy atom. The number of fused-ring (bicyclic) bond motifs is 2. The number of aryl methyl sites for hydroxylation is 1. The van der Waals surface area contributed by atoms with Crippen LogP contribution in [0.4, 0.5) is 0 Å². The number of H-pyrrole nitrogens is 1. The van der Waals surface area contributed by atoms with E-state index in [1.165, 1.54) is 11.1 Å². The standard InChI is InChI=1S/C28H32N4O3/c1-3-19-15-22(33)7-8-24(19)26-9-10-27-25(17-29-31-27)28(30-26)32-12-11-20-16-23(35-14-13-34-2)6-4-5-21(20)18-32/h5-8,10,15-17,31,33H,3-4,9,11-14,18H2,1-2H3. The molecule has 1 aromatic heterocycles. The molecule has 0 bridgehead atoms. The molecule has 2 N–H and O–H groups in total. The average molecular weight is 473 g/mol. The molecular formula is C28H32N4O3. The van der Waals surface area contributed by atoms with E-state index in [2.05, 4.69) is 46.3 Å². The highest BCUT2D eigenvalue weighted by molar-refractivity contribution is 6.06. The van der Waals surface area contributed by atoms with Crippen LogP contribution in [0, 0.1) is 0 Å². The van der Waals surface area contributed by atoms with Crippen molar-refractivity contribution in [3.63, 3.8) is 0 Å². The van der Waals surface area contributed by atoms with Crippen LogP contribution < -0.4 is 10.6 Å². The number of likely N-dealkylation sites (tertiary alicyclic amines) is 1. The van der Waals surface area contributed by atoms with E-state index in [1.54, 1.807) is 13.2 Å². The second kappa shape index (κ2) is 10.4. The van der Waals surface area contributed by atoms with Crippen LogP contribution in [0.1, 0.15) is 37.3 Å². The molecule has 1 fully saturated rings. The topological polar surface area (TPSA) is 83.0 Å². The van der Waals surface area contributed by atoms with E-state index in [4.69, 9.17) is 14.5 Å². The summed E-state index contributed by atoms with van der Waals surface area (Å²) in [4.78, 5) is 7.60. The molecule has 0 radical (unpaired) electrons. The number of aromatic hydroxyl groups is 1. The Morgan fingerprint density at radius 3 is 2.91 bits per heavy atom. The van der Waals surface area contributed by atoms with Gasteiger partial charge in [0, 0.05) is 26.6 Å². The second-order valence-corrected chi connectivity index (χ2v) is 8.94. The Hall–Kier alpha value is -3.58. The molecule has 0 saturated carbocycles. The summed E-state index contributed by atoms with van der Waals surface area (Å²) in [5, 5.41) is 19.5. The van der Waals surface area contributed by atoms with Crippen LogP contribution >= 0.6 is 0 Å². The minimum atomic E-state index is 0.289. The van der Waals surface area contributed by atoms with E-state index in [0.29, 0.717) is 19.6 Å². The first-order valence-corrected chi connectivity index (χ1v) is 12.3. The number of aromatic amines is 1. The first-order valence-electron chi connectivity index (χ1n) is 12.3. The molecule has 0 unspecified atom stereocenters. The molecule has 0 amide bonds. The normalized spacial score (nSPS) is 17.7. The zero-order valence-electron chi connectivity index (χ0n) is 20.4. The number of hydrogen-bond acceptors (Lipinski definition) is 6. The van der Waals surface area contributed by atoms with Gasteiger partial charge >= 0.3 is 0 Å². The van der Waals surface area contributed by atoms with E-state index >= 15 is 0 Å². The molecule has 2 aromatic rings. The van der Waals surface area contributed by atoms with Crippen molar-refractivity contribution >= 4 is 17.6 Å². The average Bonchev–Trinajstić information content (AvgIpc) is 3.13. The van der Waals surface area contributed by atoms with Gasteiger partial charge in [0.1, 0.15) is 23.9 Å². The van der Waals surface area contributed by atoms with Crippen LogP contribution in [0.15, 0.2) is 64.5 Å². The fraction of sp³-hybridized carbons (Fsp3) is 0.357. The van der Waals surface area contributed by atoms with Crippen LogP contribution in [-0.4, -0.2) is 59.3 Å². The number of allylic oxidation sites excluding steroid dienone is 3. The van der Waals surface area contributed by atoms with Crippen LogP contribution in [0.3, 0.4) is 0 Å². The van der Waals surface area contributed by atoms with Gasteiger partial charge in [0.15, 0.2) is 0 Å². The summed E-state index contributed by atoms with van der Waals surface area (Å²) in [7, 11) is 1.69. The van der Waals surface area contributed by atoms with Gasteiger partial charge in [-0.15, -0.1) is 0 Å². The van der Waals surface area contributed by atoms with Gasteiger partial charge in [-0.2, -0.15) is 5.10 Å². The SMILES string of the molecule is CCc1cc(O)ccc1C1=NC(N2CCC3=CC(OCCOC)=CCC=C3C2)=c2cn[nH]c2=CC1. The Morgan fingerprint density at radius 2 is 2.06 bits per heavy atom. The maximum atomic E-state index is 9.99. The molecular weight excluding hydrogens is 440 g/mol. The highest BCUT2D eigenvalue weighted by Crippen LogP contribution is 2.30. The van der Waals surface area contributed by atoms with Crippen LogP contribution in [0.25, 0.3) is 11.9 Å². The molecule has 35 heavy (non-hydrogen) atoms. The molecule has 182 valence electrons. The predicted octanol–water partition coefficient (Wildman–Crippen LogP) is 2.93. The van der Waals surface area contributed by atoms with E-state index in [-0.39, 0.29) is 5.75 Å². The number of nitrogens with one attached hydrogen (secondary N) is 1. The van der Waals surface area contributed by atoms with Crippen molar-refractivity contribution < 1.29 is 14.6 Å². The number of methoxy groups -OCH3 is 1. The summed E-state index contributed by atoms with van der Waals surface area (Å²) in [6.07, 6.45) is 13.9. The number of nitrogens with zero attached hydrogens (tertiary/aromatic N) is 3. The monoisotopic (exact) mass is 472 g/mol. The van der Waals surface area contributed by atoms with Crippen molar-refractivity contribution in [1.29, 1.82) is 0 Å². The van der Waals surface area contributed by atoms with E-state index < -0.39 is 0 Å². The summed E-state index contributed by atoms with van der Waals surface area (Å²) in [5.41, 5.74) is 5.84. The first kappa shape index (κ1) is 23.2. The molecule has 7 nitrogen and oxygen atoms in total. The van der Waals surface area contributed by atoms with Gasteiger partial charge in [-0.3, -0.25) is 5.10 Å². The van der Waals surface area contributed by atoms with Crippen LogP contribution in [0.5, 0.6) is 5.75 Å². The Bertz CT molecular complexity index is 1350. The van der Waals surface area contributed by atoms with Crippen molar-refractivity contribution in [2.45, 2.75) is 32.6 Å². The second-order valence-electron chi connectivity index (χ2n) is 8.94. The predicted molar refractivity (Wildman–Crippen MR) is 137 cm³/mol. The lowest BCUT2D eigenvalue weighted by Gasteiger charge is -2.32. The number of hydrogen-bond donors (Lipinski definition) is 2. The molecule has 7 heteroatoms. The fourth-order valence-electron chi connectivity index (χ4n) is 4.86. The molecule has 0 atom stereocenters. The maximum Gasteiger partial charge on any atom is 0.140 e. The molecule has 1 aromatic carbocycles. The molecule has 2 aliphatic heterocycles. The van der Waals surface area contributed by atoms with Gasteiger partial charge in [-0.1, -0.05) is 19.1 Å². The molecule has 1 saturated heterocycles. The smallest absolute Gasteiger partial charge is 0.140 e. The molecule has 0 spiro atoms. The zero-order chi connectivity index (χ0) is 24.2. The number of ether oxygens (including phenoxy) is 2. The molecule has 3 heterocycles. The Balaban J connectivity index is 1.47. The van der Waals surface area contributed by atoms with E-state index in [0.717, 1.165) is 71.3 Å². The van der Waals surface area contributed by atoms with Gasteiger partial charge in [-0.05, 0) is 71.9 Å². The summed E-state index contributed by atoms with van der Waals surface area (Å²) in [6.45, 7) is 4.89. The summed E-state index contributed by atoms with van der Waals surface area (Å²) < 4.78 is 11.0. The number of aromatic nitrogens is 2. The van der Waals surface area contributed by atoms with Gasteiger partial charge in [0.2, 0.25) is 0 Å². The number of aliphatic imine (C=N–C) groups is 1. The largest absolute Gasteiger partial charge is 0.508 e. The molecule has 5 rings (SSSR count). The lowest BCUT2D eigenvalue weighted by atomic mass is 9.97. The zero-order valence-corrected chi connectivity index (χ0v) is 20.4. The number of phenolic OH excluding ortho intramolecular Hbond substituents is 1. The highest BCUT2D eigenvalue weighted by Gasteiger charge is 2.24.